The second-order valence-corrected chi connectivity index (χ2v) is 7.22. The normalized spacial score (nSPS) is 29.4. The Hall–Kier alpha value is -0.580. The highest BCUT2D eigenvalue weighted by Crippen LogP contribution is 2.36. The zero-order chi connectivity index (χ0) is 14.3. The summed E-state index contributed by atoms with van der Waals surface area (Å²) < 4.78 is 0.765. The quantitative estimate of drug-likeness (QED) is 0.838. The third-order valence-corrected chi connectivity index (χ3v) is 5.43. The standard InChI is InChI=1S/C15H18BrClN2O/c16-14-6-11(17)2-4-13(14)15(20)19-7-9-1-3-12(18)5-10(9)8-19/h2,4,6,9-10,12H,1,3,5,7-8,18H2/t9-,10+,12?/m1/s1. The largest absolute Gasteiger partial charge is 0.338 e. The molecule has 1 aromatic rings. The van der Waals surface area contributed by atoms with E-state index in [9.17, 15) is 4.79 Å². The molecule has 2 fully saturated rings. The number of nitrogens with two attached hydrogens (primary N) is 1. The first-order valence-corrected chi connectivity index (χ1v) is 8.21. The Kier molecular flexibility index (Phi) is 4.07. The van der Waals surface area contributed by atoms with Gasteiger partial charge in [0.25, 0.3) is 5.91 Å². The molecule has 1 aromatic carbocycles. The molecular weight excluding hydrogens is 340 g/mol. The number of halogens is 2. The molecule has 108 valence electrons. The van der Waals surface area contributed by atoms with Crippen molar-refractivity contribution in [2.45, 2.75) is 25.3 Å². The molecule has 1 aliphatic carbocycles. The van der Waals surface area contributed by atoms with Crippen molar-refractivity contribution >= 4 is 33.4 Å². The average molecular weight is 358 g/mol. The van der Waals surface area contributed by atoms with Crippen LogP contribution in [0.4, 0.5) is 0 Å². The van der Waals surface area contributed by atoms with Crippen molar-refractivity contribution in [2.75, 3.05) is 13.1 Å². The van der Waals surface area contributed by atoms with Crippen LogP contribution in [0.2, 0.25) is 5.02 Å². The van der Waals surface area contributed by atoms with Crippen LogP contribution in [0.3, 0.4) is 0 Å². The predicted molar refractivity (Wildman–Crippen MR) is 83.9 cm³/mol. The Balaban J connectivity index is 1.75. The predicted octanol–water partition coefficient (Wildman–Crippen LogP) is 3.30. The van der Waals surface area contributed by atoms with Gasteiger partial charge in [-0.2, -0.15) is 0 Å². The number of hydrogen-bond acceptors (Lipinski definition) is 2. The van der Waals surface area contributed by atoms with Gasteiger partial charge in [-0.05, 0) is 65.2 Å². The van der Waals surface area contributed by atoms with Crippen molar-refractivity contribution < 1.29 is 4.79 Å². The highest BCUT2D eigenvalue weighted by molar-refractivity contribution is 9.10. The number of benzene rings is 1. The molecule has 0 aromatic heterocycles. The SMILES string of the molecule is NC1CC[C@@H]2CN(C(=O)c3ccc(Cl)cc3Br)C[C@@H]2C1. The Morgan fingerprint density at radius 2 is 2.05 bits per heavy atom. The molecule has 1 heterocycles. The molecule has 1 aliphatic heterocycles. The van der Waals surface area contributed by atoms with Crippen molar-refractivity contribution in [3.63, 3.8) is 0 Å². The minimum atomic E-state index is 0.0940. The van der Waals surface area contributed by atoms with Crippen LogP contribution >= 0.6 is 27.5 Å². The molecule has 20 heavy (non-hydrogen) atoms. The highest BCUT2D eigenvalue weighted by atomic mass is 79.9. The molecule has 1 saturated heterocycles. The number of fused-ring (bicyclic) bond motifs is 1. The first-order chi connectivity index (χ1) is 9.54. The van der Waals surface area contributed by atoms with E-state index in [4.69, 9.17) is 17.3 Å². The molecule has 3 rings (SSSR count). The van der Waals surface area contributed by atoms with Gasteiger partial charge in [0.15, 0.2) is 0 Å². The lowest BCUT2D eigenvalue weighted by Gasteiger charge is -2.27. The molecule has 3 atom stereocenters. The highest BCUT2D eigenvalue weighted by Gasteiger charge is 2.38. The monoisotopic (exact) mass is 356 g/mol. The van der Waals surface area contributed by atoms with Crippen LogP contribution in [0.5, 0.6) is 0 Å². The van der Waals surface area contributed by atoms with E-state index in [0.717, 1.165) is 36.8 Å². The van der Waals surface area contributed by atoms with Crippen molar-refractivity contribution in [3.05, 3.63) is 33.3 Å². The maximum Gasteiger partial charge on any atom is 0.255 e. The Bertz CT molecular complexity index is 537. The average Bonchev–Trinajstić information content (AvgIpc) is 2.81. The molecule has 2 aliphatic rings. The fourth-order valence-corrected chi connectivity index (χ4v) is 4.32. The summed E-state index contributed by atoms with van der Waals surface area (Å²) in [6, 6.07) is 5.64. The Morgan fingerprint density at radius 1 is 1.30 bits per heavy atom. The minimum absolute atomic E-state index is 0.0940. The fraction of sp³-hybridized carbons (Fsp3) is 0.533. The van der Waals surface area contributed by atoms with Gasteiger partial charge in [-0.25, -0.2) is 0 Å². The van der Waals surface area contributed by atoms with E-state index in [2.05, 4.69) is 15.9 Å². The number of carbonyl (C=O) groups is 1. The fourth-order valence-electron chi connectivity index (χ4n) is 3.47. The zero-order valence-corrected chi connectivity index (χ0v) is 13.5. The molecule has 0 bridgehead atoms. The molecule has 5 heteroatoms. The van der Waals surface area contributed by atoms with E-state index in [1.807, 2.05) is 4.90 Å². The lowest BCUT2D eigenvalue weighted by atomic mass is 9.79. The second kappa shape index (κ2) is 5.66. The van der Waals surface area contributed by atoms with Gasteiger partial charge in [0.05, 0.1) is 5.56 Å². The van der Waals surface area contributed by atoms with Gasteiger partial charge in [0.1, 0.15) is 0 Å². The zero-order valence-electron chi connectivity index (χ0n) is 11.2. The first-order valence-electron chi connectivity index (χ1n) is 7.04. The second-order valence-electron chi connectivity index (χ2n) is 5.93. The van der Waals surface area contributed by atoms with Crippen LogP contribution in [0.15, 0.2) is 22.7 Å². The molecule has 1 saturated carbocycles. The molecule has 1 unspecified atom stereocenters. The lowest BCUT2D eigenvalue weighted by molar-refractivity contribution is 0.0783. The summed E-state index contributed by atoms with van der Waals surface area (Å²) >= 11 is 9.36. The van der Waals surface area contributed by atoms with Crippen LogP contribution in [-0.2, 0) is 0 Å². The molecule has 3 nitrogen and oxygen atoms in total. The van der Waals surface area contributed by atoms with E-state index in [0.29, 0.717) is 28.5 Å². The molecule has 0 spiro atoms. The van der Waals surface area contributed by atoms with Gasteiger partial charge in [-0.1, -0.05) is 11.6 Å². The van der Waals surface area contributed by atoms with Crippen LogP contribution in [0.1, 0.15) is 29.6 Å². The maximum absolute atomic E-state index is 12.6. The van der Waals surface area contributed by atoms with Crippen LogP contribution < -0.4 is 5.73 Å². The third kappa shape index (κ3) is 2.74. The summed E-state index contributed by atoms with van der Waals surface area (Å²) in [4.78, 5) is 14.6. The van der Waals surface area contributed by atoms with Crippen molar-refractivity contribution in [2.24, 2.45) is 17.6 Å². The summed E-state index contributed by atoms with van der Waals surface area (Å²) in [7, 11) is 0. The van der Waals surface area contributed by atoms with Crippen molar-refractivity contribution in [1.29, 1.82) is 0 Å². The summed E-state index contributed by atoms with van der Waals surface area (Å²) in [6.45, 7) is 1.71. The van der Waals surface area contributed by atoms with E-state index in [1.165, 1.54) is 0 Å². The number of amides is 1. The summed E-state index contributed by atoms with van der Waals surface area (Å²) in [5.74, 6) is 1.30. The molecule has 1 amide bonds. The van der Waals surface area contributed by atoms with Gasteiger partial charge in [0, 0.05) is 28.6 Å². The van der Waals surface area contributed by atoms with Crippen molar-refractivity contribution in [3.8, 4) is 0 Å². The van der Waals surface area contributed by atoms with E-state index in [-0.39, 0.29) is 5.91 Å². The van der Waals surface area contributed by atoms with E-state index >= 15 is 0 Å². The number of hydrogen-bond donors (Lipinski definition) is 1. The van der Waals surface area contributed by atoms with Crippen LogP contribution in [0, 0.1) is 11.8 Å². The van der Waals surface area contributed by atoms with Gasteiger partial charge in [-0.3, -0.25) is 4.79 Å². The molecule has 2 N–H and O–H groups in total. The van der Waals surface area contributed by atoms with Crippen LogP contribution in [0.25, 0.3) is 0 Å². The van der Waals surface area contributed by atoms with E-state index in [1.54, 1.807) is 18.2 Å². The number of carbonyl (C=O) groups excluding carboxylic acids is 1. The Labute approximate surface area is 132 Å². The van der Waals surface area contributed by atoms with Gasteiger partial charge in [0.2, 0.25) is 0 Å². The Morgan fingerprint density at radius 3 is 2.80 bits per heavy atom. The molecule has 0 radical (unpaired) electrons. The summed E-state index contributed by atoms with van der Waals surface area (Å²) in [6.07, 6.45) is 3.29. The third-order valence-electron chi connectivity index (χ3n) is 4.54. The maximum atomic E-state index is 12.6. The van der Waals surface area contributed by atoms with Gasteiger partial charge in [-0.15, -0.1) is 0 Å². The molecular formula is C15H18BrClN2O. The van der Waals surface area contributed by atoms with E-state index < -0.39 is 0 Å². The first kappa shape index (κ1) is 14.4. The van der Waals surface area contributed by atoms with Gasteiger partial charge >= 0.3 is 0 Å². The van der Waals surface area contributed by atoms with Crippen LogP contribution in [-0.4, -0.2) is 29.9 Å². The minimum Gasteiger partial charge on any atom is -0.338 e. The van der Waals surface area contributed by atoms with Crippen molar-refractivity contribution in [1.82, 2.24) is 4.90 Å². The summed E-state index contributed by atoms with van der Waals surface area (Å²) in [5.41, 5.74) is 6.73. The van der Waals surface area contributed by atoms with Gasteiger partial charge < -0.3 is 10.6 Å². The smallest absolute Gasteiger partial charge is 0.255 e. The lowest BCUT2D eigenvalue weighted by Crippen LogP contribution is -2.32. The topological polar surface area (TPSA) is 46.3 Å². The number of nitrogens with zero attached hydrogens (tertiary/aromatic N) is 1. The summed E-state index contributed by atoms with van der Waals surface area (Å²) in [5, 5.41) is 0.634. The number of rotatable bonds is 1. The number of likely N-dealkylation sites (tertiary alicyclic amines) is 1.